The van der Waals surface area contributed by atoms with Gasteiger partial charge in [-0.3, -0.25) is 0 Å². The SMILES string of the molecule is c1ccc(N(c2ccc(-c3cc(-c4ccc5c(c4)c4ccccc4n5-c4ccccc4)cc(-c4ccc5c6ccccc6n(-c6ccc7c(c6)sc6ccccc67)c5c4)c3)cc2)c2cccc3ccccc23)cc1. The van der Waals surface area contributed by atoms with Crippen LogP contribution in [0.15, 0.2) is 273 Å². The molecule has 3 nitrogen and oxygen atoms in total. The Bertz CT molecular complexity index is 4650. The first kappa shape index (κ1) is 42.2. The second-order valence-corrected chi connectivity index (χ2v) is 20.4. The molecule has 12 aromatic carbocycles. The quantitative estimate of drug-likeness (QED) is 0.148. The predicted molar refractivity (Wildman–Crippen MR) is 317 cm³/mol. The Labute approximate surface area is 432 Å². The van der Waals surface area contributed by atoms with E-state index in [1.54, 1.807) is 0 Å². The number of hydrogen-bond donors (Lipinski definition) is 0. The van der Waals surface area contributed by atoms with Gasteiger partial charge < -0.3 is 14.0 Å². The molecule has 0 unspecified atom stereocenters. The number of fused-ring (bicyclic) bond motifs is 10. The number of aromatic nitrogens is 2. The fourth-order valence-corrected chi connectivity index (χ4v) is 12.8. The van der Waals surface area contributed by atoms with E-state index in [-0.39, 0.29) is 0 Å². The lowest BCUT2D eigenvalue weighted by Gasteiger charge is -2.27. The van der Waals surface area contributed by atoms with Gasteiger partial charge in [0.15, 0.2) is 0 Å². The molecule has 0 N–H and O–H groups in total. The Kier molecular flexibility index (Phi) is 9.75. The molecular weight excluding hydrogens is 915 g/mol. The molecule has 3 heterocycles. The number of anilines is 3. The minimum absolute atomic E-state index is 1.10. The van der Waals surface area contributed by atoms with E-state index in [1.165, 1.54) is 80.1 Å². The predicted octanol–water partition coefficient (Wildman–Crippen LogP) is 19.9. The Morgan fingerprint density at radius 2 is 0.770 bits per heavy atom. The van der Waals surface area contributed by atoms with Crippen molar-refractivity contribution in [3.8, 4) is 44.8 Å². The summed E-state index contributed by atoms with van der Waals surface area (Å²) in [7, 11) is 0. The van der Waals surface area contributed by atoms with Crippen LogP contribution in [0.5, 0.6) is 0 Å². The molecule has 0 radical (unpaired) electrons. The third kappa shape index (κ3) is 6.87. The van der Waals surface area contributed by atoms with Crippen LogP contribution in [0.25, 0.3) is 119 Å². The van der Waals surface area contributed by atoms with E-state index < -0.39 is 0 Å². The lowest BCUT2D eigenvalue weighted by molar-refractivity contribution is 1.18. The van der Waals surface area contributed by atoms with E-state index in [2.05, 4.69) is 287 Å². The van der Waals surface area contributed by atoms with Crippen LogP contribution in [0, 0.1) is 0 Å². The van der Waals surface area contributed by atoms with Crippen molar-refractivity contribution < 1.29 is 0 Å². The number of nitrogens with zero attached hydrogens (tertiary/aromatic N) is 3. The summed E-state index contributed by atoms with van der Waals surface area (Å²) in [6.07, 6.45) is 0. The van der Waals surface area contributed by atoms with Crippen LogP contribution in [0.3, 0.4) is 0 Å². The second kappa shape index (κ2) is 17.1. The highest BCUT2D eigenvalue weighted by Crippen LogP contribution is 2.44. The first-order valence-electron chi connectivity index (χ1n) is 25.3. The highest BCUT2D eigenvalue weighted by Gasteiger charge is 2.19. The Morgan fingerprint density at radius 1 is 0.257 bits per heavy atom. The smallest absolute Gasteiger partial charge is 0.0547 e. The van der Waals surface area contributed by atoms with Crippen LogP contribution in [0.4, 0.5) is 17.1 Å². The fraction of sp³-hybridized carbons (Fsp3) is 0. The third-order valence-corrected chi connectivity index (χ3v) is 16.2. The first-order valence-corrected chi connectivity index (χ1v) is 26.1. The first-order chi connectivity index (χ1) is 36.7. The van der Waals surface area contributed by atoms with E-state index in [0.29, 0.717) is 0 Å². The summed E-state index contributed by atoms with van der Waals surface area (Å²) in [5.74, 6) is 0. The minimum atomic E-state index is 1.10. The lowest BCUT2D eigenvalue weighted by Crippen LogP contribution is -2.10. The zero-order chi connectivity index (χ0) is 48.7. The summed E-state index contributed by atoms with van der Waals surface area (Å²) >= 11 is 1.87. The van der Waals surface area contributed by atoms with Crippen molar-refractivity contribution in [2.75, 3.05) is 4.90 Å². The van der Waals surface area contributed by atoms with Crippen molar-refractivity contribution in [3.63, 3.8) is 0 Å². The zero-order valence-corrected chi connectivity index (χ0v) is 41.0. The van der Waals surface area contributed by atoms with Gasteiger partial charge in [-0.05, 0) is 148 Å². The van der Waals surface area contributed by atoms with Gasteiger partial charge in [0, 0.05) is 69.9 Å². The molecular formula is C70H45N3S. The van der Waals surface area contributed by atoms with Crippen LogP contribution in [-0.4, -0.2) is 9.13 Å². The van der Waals surface area contributed by atoms with Crippen molar-refractivity contribution in [2.45, 2.75) is 0 Å². The number of benzene rings is 12. The standard InChI is InChI=1S/C70H45N3S/c1-3-18-53(19-4-1)71(64-28-15-17-47-16-7-8-22-57(47)64)55-34-30-46(31-35-55)50-40-51(48-33-39-67-63(43-48)59-24-10-13-27-66(59)72(67)54-20-5-2-6-21-54)42-52(41-50)49-32-37-60-58-23-9-12-26-65(58)73(68(60)44-49)56-36-38-62-61-25-11-14-29-69(61)74-70(62)45-56/h1-45H. The van der Waals surface area contributed by atoms with E-state index in [1.807, 2.05) is 11.3 Å². The van der Waals surface area contributed by atoms with E-state index >= 15 is 0 Å². The molecule has 0 saturated heterocycles. The average molecular weight is 960 g/mol. The van der Waals surface area contributed by atoms with Crippen LogP contribution < -0.4 is 4.90 Å². The van der Waals surface area contributed by atoms with Gasteiger partial charge in [0.1, 0.15) is 0 Å². The average Bonchev–Trinajstić information content (AvgIpc) is 4.13. The molecule has 0 spiro atoms. The van der Waals surface area contributed by atoms with Crippen molar-refractivity contribution in [2.24, 2.45) is 0 Å². The Morgan fingerprint density at radius 3 is 1.54 bits per heavy atom. The van der Waals surface area contributed by atoms with E-state index in [9.17, 15) is 0 Å². The summed E-state index contributed by atoms with van der Waals surface area (Å²) in [6.45, 7) is 0. The Balaban J connectivity index is 0.916. The van der Waals surface area contributed by atoms with E-state index in [0.717, 1.165) is 56.3 Å². The molecule has 3 aromatic heterocycles. The third-order valence-electron chi connectivity index (χ3n) is 15.1. The van der Waals surface area contributed by atoms with Gasteiger partial charge in [0.05, 0.1) is 27.8 Å². The largest absolute Gasteiger partial charge is 0.310 e. The topological polar surface area (TPSA) is 13.1 Å². The summed E-state index contributed by atoms with van der Waals surface area (Å²) in [5, 5.41) is 9.99. The van der Waals surface area contributed by atoms with Gasteiger partial charge in [-0.25, -0.2) is 0 Å². The molecule has 0 amide bonds. The summed E-state index contributed by atoms with van der Waals surface area (Å²) < 4.78 is 7.46. The monoisotopic (exact) mass is 959 g/mol. The number of thiophene rings is 1. The highest BCUT2D eigenvalue weighted by atomic mass is 32.1. The highest BCUT2D eigenvalue weighted by molar-refractivity contribution is 7.25. The molecule has 0 bridgehead atoms. The molecule has 0 aliphatic carbocycles. The van der Waals surface area contributed by atoms with Crippen molar-refractivity contribution in [1.29, 1.82) is 0 Å². The van der Waals surface area contributed by atoms with Crippen LogP contribution in [0.2, 0.25) is 0 Å². The van der Waals surface area contributed by atoms with Crippen molar-refractivity contribution in [3.05, 3.63) is 273 Å². The lowest BCUT2D eigenvalue weighted by atomic mass is 9.92. The molecule has 15 aromatic rings. The maximum Gasteiger partial charge on any atom is 0.0547 e. The van der Waals surface area contributed by atoms with Gasteiger partial charge in [-0.2, -0.15) is 0 Å². The molecule has 74 heavy (non-hydrogen) atoms. The van der Waals surface area contributed by atoms with Gasteiger partial charge in [-0.15, -0.1) is 11.3 Å². The summed E-state index contributed by atoms with van der Waals surface area (Å²) in [4.78, 5) is 2.38. The Hall–Kier alpha value is -9.48. The molecule has 0 fully saturated rings. The molecule has 4 heteroatoms. The van der Waals surface area contributed by atoms with Crippen LogP contribution in [0.1, 0.15) is 0 Å². The van der Waals surface area contributed by atoms with Gasteiger partial charge in [0.25, 0.3) is 0 Å². The maximum atomic E-state index is 2.46. The minimum Gasteiger partial charge on any atom is -0.310 e. The zero-order valence-electron chi connectivity index (χ0n) is 40.2. The van der Waals surface area contributed by atoms with Crippen molar-refractivity contribution in [1.82, 2.24) is 9.13 Å². The number of rotatable bonds is 8. The molecule has 0 aliphatic heterocycles. The van der Waals surface area contributed by atoms with Gasteiger partial charge in [0.2, 0.25) is 0 Å². The number of hydrogen-bond acceptors (Lipinski definition) is 2. The van der Waals surface area contributed by atoms with Gasteiger partial charge >= 0.3 is 0 Å². The van der Waals surface area contributed by atoms with Crippen LogP contribution >= 0.6 is 11.3 Å². The summed E-state index contributed by atoms with van der Waals surface area (Å²) in [6, 6.07) is 100. The molecule has 346 valence electrons. The normalized spacial score (nSPS) is 11.8. The second-order valence-electron chi connectivity index (χ2n) is 19.3. The molecule has 0 aliphatic rings. The fourth-order valence-electron chi connectivity index (χ4n) is 11.6. The van der Waals surface area contributed by atoms with E-state index in [4.69, 9.17) is 0 Å². The molecule has 0 atom stereocenters. The number of para-hydroxylation sites is 4. The van der Waals surface area contributed by atoms with Crippen LogP contribution in [-0.2, 0) is 0 Å². The maximum absolute atomic E-state index is 2.46. The molecule has 0 saturated carbocycles. The summed E-state index contributed by atoms with van der Waals surface area (Å²) in [5.41, 5.74) is 17.4. The molecule has 15 rings (SSSR count). The van der Waals surface area contributed by atoms with Crippen molar-refractivity contribution >= 4 is 103 Å². The van der Waals surface area contributed by atoms with Gasteiger partial charge in [-0.1, -0.05) is 164 Å².